The first-order valence-electron chi connectivity index (χ1n) is 7.86. The summed E-state index contributed by atoms with van der Waals surface area (Å²) in [4.78, 5) is 15.7. The van der Waals surface area contributed by atoms with Crippen LogP contribution in [-0.4, -0.2) is 31.5 Å². The molecular weight excluding hydrogens is 295 g/mol. The number of amides is 1. The summed E-state index contributed by atoms with van der Waals surface area (Å²) in [7, 11) is 1.66. The Morgan fingerprint density at radius 2 is 1.96 bits per heavy atom. The van der Waals surface area contributed by atoms with Crippen molar-refractivity contribution in [2.75, 3.05) is 13.6 Å². The molecule has 0 aliphatic heterocycles. The fraction of sp³-hybridized carbons (Fsp3) is 0.529. The van der Waals surface area contributed by atoms with Gasteiger partial charge in [0.25, 0.3) is 0 Å². The number of hydrogen-bond acceptors (Lipinski definition) is 2. The highest BCUT2D eigenvalue weighted by Gasteiger charge is 2.10. The minimum Gasteiger partial charge on any atom is -0.356 e. The van der Waals surface area contributed by atoms with Crippen molar-refractivity contribution in [3.8, 4) is 0 Å². The number of carbonyl (C=O) groups is 1. The van der Waals surface area contributed by atoms with Crippen LogP contribution in [-0.2, 0) is 4.79 Å². The number of hydrogen-bond donors (Lipinski definition) is 3. The first kappa shape index (κ1) is 18.9. The molecule has 5 nitrogen and oxygen atoms in total. The van der Waals surface area contributed by atoms with Crippen molar-refractivity contribution < 1.29 is 9.18 Å². The van der Waals surface area contributed by atoms with E-state index in [0.717, 1.165) is 5.56 Å². The fourth-order valence-corrected chi connectivity index (χ4v) is 2.05. The van der Waals surface area contributed by atoms with Gasteiger partial charge in [0, 0.05) is 26.1 Å². The van der Waals surface area contributed by atoms with Gasteiger partial charge in [-0.1, -0.05) is 12.1 Å². The van der Waals surface area contributed by atoms with Gasteiger partial charge < -0.3 is 16.0 Å². The van der Waals surface area contributed by atoms with Gasteiger partial charge in [-0.2, -0.15) is 0 Å². The third-order valence-corrected chi connectivity index (χ3v) is 3.37. The Morgan fingerprint density at radius 1 is 1.26 bits per heavy atom. The van der Waals surface area contributed by atoms with E-state index in [2.05, 4.69) is 20.9 Å². The number of benzene rings is 1. The monoisotopic (exact) mass is 322 g/mol. The smallest absolute Gasteiger partial charge is 0.221 e. The normalized spacial score (nSPS) is 12.9. The maximum atomic E-state index is 13.6. The van der Waals surface area contributed by atoms with E-state index in [0.29, 0.717) is 24.5 Å². The van der Waals surface area contributed by atoms with Gasteiger partial charge in [-0.15, -0.1) is 0 Å². The standard InChI is InChI=1S/C17H27FN4O/c1-11(2)21-16(23)8-9-20-17(19-5)22-13(4)14-7-6-12(3)15(18)10-14/h6-7,10-11,13H,8-9H2,1-5H3,(H,21,23)(H2,19,20,22). The number of carbonyl (C=O) groups excluding carboxylic acids is 1. The molecule has 0 aliphatic rings. The van der Waals surface area contributed by atoms with Crippen LogP contribution >= 0.6 is 0 Å². The molecule has 0 heterocycles. The molecule has 6 heteroatoms. The zero-order chi connectivity index (χ0) is 17.4. The summed E-state index contributed by atoms with van der Waals surface area (Å²) in [6, 6.07) is 5.21. The second kappa shape index (κ2) is 9.12. The lowest BCUT2D eigenvalue weighted by Gasteiger charge is -2.18. The number of guanidine groups is 1. The van der Waals surface area contributed by atoms with E-state index in [1.54, 1.807) is 20.0 Å². The van der Waals surface area contributed by atoms with Crippen molar-refractivity contribution >= 4 is 11.9 Å². The zero-order valence-corrected chi connectivity index (χ0v) is 14.5. The second-order valence-corrected chi connectivity index (χ2v) is 5.85. The molecule has 128 valence electrons. The Hall–Kier alpha value is -2.11. The van der Waals surface area contributed by atoms with Crippen molar-refractivity contribution in [1.82, 2.24) is 16.0 Å². The first-order chi connectivity index (χ1) is 10.8. The van der Waals surface area contributed by atoms with Gasteiger partial charge in [-0.05, 0) is 44.9 Å². The minimum absolute atomic E-state index is 0.00314. The zero-order valence-electron chi connectivity index (χ0n) is 14.5. The number of aryl methyl sites for hydroxylation is 1. The summed E-state index contributed by atoms with van der Waals surface area (Å²) in [6.45, 7) is 8.00. The van der Waals surface area contributed by atoms with Crippen LogP contribution in [0.2, 0.25) is 0 Å². The van der Waals surface area contributed by atoms with Gasteiger partial charge in [0.05, 0.1) is 6.04 Å². The maximum absolute atomic E-state index is 13.6. The van der Waals surface area contributed by atoms with Gasteiger partial charge in [0.1, 0.15) is 5.82 Å². The molecule has 0 saturated carbocycles. The molecule has 0 aromatic heterocycles. The van der Waals surface area contributed by atoms with Crippen molar-refractivity contribution in [2.45, 2.75) is 46.2 Å². The summed E-state index contributed by atoms with van der Waals surface area (Å²) in [5.41, 5.74) is 1.47. The molecule has 0 aliphatic carbocycles. The predicted molar refractivity (Wildman–Crippen MR) is 91.9 cm³/mol. The number of nitrogens with one attached hydrogen (secondary N) is 3. The second-order valence-electron chi connectivity index (χ2n) is 5.85. The highest BCUT2D eigenvalue weighted by atomic mass is 19.1. The number of nitrogens with zero attached hydrogens (tertiary/aromatic N) is 1. The largest absolute Gasteiger partial charge is 0.356 e. The van der Waals surface area contributed by atoms with E-state index < -0.39 is 0 Å². The van der Waals surface area contributed by atoms with Crippen molar-refractivity contribution in [3.05, 3.63) is 35.1 Å². The Kier molecular flexibility index (Phi) is 7.51. The van der Waals surface area contributed by atoms with E-state index in [1.807, 2.05) is 26.8 Å². The van der Waals surface area contributed by atoms with Gasteiger partial charge in [-0.25, -0.2) is 4.39 Å². The summed E-state index contributed by atoms with van der Waals surface area (Å²) in [5.74, 6) is 0.358. The Labute approximate surface area is 137 Å². The van der Waals surface area contributed by atoms with Crippen molar-refractivity contribution in [3.63, 3.8) is 0 Å². The third-order valence-electron chi connectivity index (χ3n) is 3.37. The SMILES string of the molecule is CN=C(NCCC(=O)NC(C)C)NC(C)c1ccc(C)c(F)c1. The molecule has 3 N–H and O–H groups in total. The van der Waals surface area contributed by atoms with Gasteiger partial charge >= 0.3 is 0 Å². The lowest BCUT2D eigenvalue weighted by atomic mass is 10.1. The van der Waals surface area contributed by atoms with Gasteiger partial charge in [0.2, 0.25) is 5.91 Å². The fourth-order valence-electron chi connectivity index (χ4n) is 2.05. The van der Waals surface area contributed by atoms with Crippen LogP contribution in [0.4, 0.5) is 4.39 Å². The molecule has 0 spiro atoms. The molecule has 1 aromatic rings. The van der Waals surface area contributed by atoms with Crippen molar-refractivity contribution in [2.24, 2.45) is 4.99 Å². The molecule has 0 fully saturated rings. The van der Waals surface area contributed by atoms with Crippen LogP contribution in [0.25, 0.3) is 0 Å². The van der Waals surface area contributed by atoms with Crippen LogP contribution in [0.5, 0.6) is 0 Å². The highest BCUT2D eigenvalue weighted by molar-refractivity contribution is 5.81. The third kappa shape index (κ3) is 6.67. The first-order valence-corrected chi connectivity index (χ1v) is 7.86. The molecule has 1 atom stereocenters. The van der Waals surface area contributed by atoms with E-state index in [4.69, 9.17) is 0 Å². The van der Waals surface area contributed by atoms with E-state index in [-0.39, 0.29) is 23.8 Å². The number of halogens is 1. The van der Waals surface area contributed by atoms with Gasteiger partial charge in [-0.3, -0.25) is 9.79 Å². The molecule has 0 bridgehead atoms. The topological polar surface area (TPSA) is 65.5 Å². The number of aliphatic imine (C=N–C) groups is 1. The summed E-state index contributed by atoms with van der Waals surface area (Å²) >= 11 is 0. The Bertz CT molecular complexity index is 558. The molecule has 0 radical (unpaired) electrons. The van der Waals surface area contributed by atoms with Crippen LogP contribution in [0.15, 0.2) is 23.2 Å². The van der Waals surface area contributed by atoms with E-state index in [9.17, 15) is 9.18 Å². The molecule has 1 aromatic carbocycles. The lowest BCUT2D eigenvalue weighted by molar-refractivity contribution is -0.121. The van der Waals surface area contributed by atoms with Crippen LogP contribution in [0.1, 0.15) is 44.4 Å². The molecule has 1 amide bonds. The van der Waals surface area contributed by atoms with Crippen LogP contribution in [0.3, 0.4) is 0 Å². The Morgan fingerprint density at radius 3 is 2.52 bits per heavy atom. The summed E-state index contributed by atoms with van der Waals surface area (Å²) < 4.78 is 13.6. The number of rotatable bonds is 6. The van der Waals surface area contributed by atoms with Crippen LogP contribution < -0.4 is 16.0 Å². The molecule has 1 rings (SSSR count). The van der Waals surface area contributed by atoms with E-state index >= 15 is 0 Å². The van der Waals surface area contributed by atoms with E-state index in [1.165, 1.54) is 6.07 Å². The summed E-state index contributed by atoms with van der Waals surface area (Å²) in [6.07, 6.45) is 0.367. The van der Waals surface area contributed by atoms with Crippen LogP contribution in [0, 0.1) is 12.7 Å². The Balaban J connectivity index is 2.49. The average molecular weight is 322 g/mol. The average Bonchev–Trinajstić information content (AvgIpc) is 2.48. The molecular formula is C17H27FN4O. The minimum atomic E-state index is -0.218. The molecule has 1 unspecified atom stereocenters. The quantitative estimate of drug-likeness (QED) is 0.556. The van der Waals surface area contributed by atoms with Crippen molar-refractivity contribution in [1.29, 1.82) is 0 Å². The highest BCUT2D eigenvalue weighted by Crippen LogP contribution is 2.16. The summed E-state index contributed by atoms with van der Waals surface area (Å²) in [5, 5.41) is 9.10. The maximum Gasteiger partial charge on any atom is 0.221 e. The lowest BCUT2D eigenvalue weighted by Crippen LogP contribution is -2.41. The molecule has 23 heavy (non-hydrogen) atoms. The predicted octanol–water partition coefficient (Wildman–Crippen LogP) is 2.27. The van der Waals surface area contributed by atoms with Gasteiger partial charge in [0.15, 0.2) is 5.96 Å². The molecule has 0 saturated heterocycles.